The number of ether oxygens (including phenoxy) is 1. The molecule has 1 aromatic carbocycles. The van der Waals surface area contributed by atoms with E-state index in [-0.39, 0.29) is 23.9 Å². The summed E-state index contributed by atoms with van der Waals surface area (Å²) in [7, 11) is 0. The van der Waals surface area contributed by atoms with Crippen molar-refractivity contribution in [1.29, 1.82) is 0 Å². The van der Waals surface area contributed by atoms with Gasteiger partial charge in [0.25, 0.3) is 5.91 Å². The second-order valence-electron chi connectivity index (χ2n) is 8.37. The predicted octanol–water partition coefficient (Wildman–Crippen LogP) is 3.26. The summed E-state index contributed by atoms with van der Waals surface area (Å²) in [6.07, 6.45) is 6.41. The van der Waals surface area contributed by atoms with Crippen LogP contribution in [0.2, 0.25) is 0 Å². The van der Waals surface area contributed by atoms with Gasteiger partial charge in [0.2, 0.25) is 5.91 Å². The van der Waals surface area contributed by atoms with Crippen LogP contribution in [0.15, 0.2) is 24.3 Å². The van der Waals surface area contributed by atoms with Crippen molar-refractivity contribution in [2.75, 3.05) is 26.3 Å². The topological polar surface area (TPSA) is 79.0 Å². The Balaban J connectivity index is 1.29. The molecule has 7 nitrogen and oxygen atoms in total. The number of rotatable bonds is 13. The highest BCUT2D eigenvalue weighted by Gasteiger charge is 2.46. The molecule has 0 unspecified atom stereocenters. The second kappa shape index (κ2) is 11.8. The quantitative estimate of drug-likeness (QED) is 0.386. The van der Waals surface area contributed by atoms with E-state index in [1.54, 1.807) is 4.90 Å². The normalized spacial score (nSPS) is 17.6. The number of fused-ring (bicyclic) bond motifs is 2. The van der Waals surface area contributed by atoms with Gasteiger partial charge in [-0.15, -0.1) is 0 Å². The van der Waals surface area contributed by atoms with Crippen LogP contribution in [0.3, 0.4) is 0 Å². The van der Waals surface area contributed by atoms with Crippen molar-refractivity contribution in [2.45, 2.75) is 70.9 Å². The molecule has 1 N–H and O–H groups in total. The van der Waals surface area contributed by atoms with Crippen molar-refractivity contribution in [3.63, 3.8) is 0 Å². The summed E-state index contributed by atoms with van der Waals surface area (Å²) in [5.41, 5.74) is 2.28. The standard InChI is InChI=1S/C24H35N3O4/c1-2-3-15-31-16-9-13-25-22(28)12-5-4-8-14-26-23(29)21-17-19-10-6-7-11-20(19)18-27(21)24(26)30/h6-7,10-11,21H,2-5,8-9,12-18H2,1H3,(H,25,28)/t21-/m0/s1. The summed E-state index contributed by atoms with van der Waals surface area (Å²) in [4.78, 5) is 40.5. The molecule has 7 heteroatoms. The highest BCUT2D eigenvalue weighted by molar-refractivity contribution is 6.04. The third-order valence-electron chi connectivity index (χ3n) is 5.99. The van der Waals surface area contributed by atoms with E-state index >= 15 is 0 Å². The minimum Gasteiger partial charge on any atom is -0.381 e. The van der Waals surface area contributed by atoms with Gasteiger partial charge < -0.3 is 15.0 Å². The van der Waals surface area contributed by atoms with E-state index in [0.29, 0.717) is 39.1 Å². The average molecular weight is 430 g/mol. The molecule has 1 atom stereocenters. The maximum Gasteiger partial charge on any atom is 0.327 e. The number of carbonyl (C=O) groups is 3. The number of urea groups is 1. The van der Waals surface area contributed by atoms with Gasteiger partial charge in [-0.1, -0.05) is 44.0 Å². The number of amides is 4. The Hall–Kier alpha value is -2.41. The van der Waals surface area contributed by atoms with Crippen molar-refractivity contribution < 1.29 is 19.1 Å². The fourth-order valence-electron chi connectivity index (χ4n) is 4.15. The number of imide groups is 1. The highest BCUT2D eigenvalue weighted by Crippen LogP contribution is 2.30. The molecular formula is C24H35N3O4. The van der Waals surface area contributed by atoms with E-state index in [2.05, 4.69) is 12.2 Å². The molecule has 2 aliphatic rings. The lowest BCUT2D eigenvalue weighted by Gasteiger charge is -2.28. The highest BCUT2D eigenvalue weighted by atomic mass is 16.5. The van der Waals surface area contributed by atoms with E-state index in [0.717, 1.165) is 56.3 Å². The third kappa shape index (κ3) is 6.29. The van der Waals surface area contributed by atoms with Gasteiger partial charge in [-0.3, -0.25) is 14.5 Å². The fraction of sp³-hybridized carbons (Fsp3) is 0.625. The molecule has 2 aliphatic heterocycles. The zero-order valence-electron chi connectivity index (χ0n) is 18.6. The zero-order valence-corrected chi connectivity index (χ0v) is 18.6. The van der Waals surface area contributed by atoms with Crippen LogP contribution < -0.4 is 5.32 Å². The Morgan fingerprint density at radius 1 is 1.06 bits per heavy atom. The van der Waals surface area contributed by atoms with Crippen LogP contribution in [-0.2, 0) is 27.3 Å². The second-order valence-corrected chi connectivity index (χ2v) is 8.37. The molecule has 31 heavy (non-hydrogen) atoms. The Labute approximate surface area is 185 Å². The number of nitrogens with one attached hydrogen (secondary N) is 1. The van der Waals surface area contributed by atoms with Gasteiger partial charge in [0, 0.05) is 45.7 Å². The van der Waals surface area contributed by atoms with Crippen LogP contribution >= 0.6 is 0 Å². The lowest BCUT2D eigenvalue weighted by Crippen LogP contribution is -2.39. The van der Waals surface area contributed by atoms with Gasteiger partial charge in [0.15, 0.2) is 0 Å². The molecule has 3 rings (SSSR count). The van der Waals surface area contributed by atoms with Crippen molar-refractivity contribution >= 4 is 17.8 Å². The van der Waals surface area contributed by atoms with Crippen LogP contribution in [-0.4, -0.2) is 60.0 Å². The van der Waals surface area contributed by atoms with E-state index in [4.69, 9.17) is 4.74 Å². The van der Waals surface area contributed by atoms with Gasteiger partial charge in [-0.2, -0.15) is 0 Å². The fourth-order valence-corrected chi connectivity index (χ4v) is 4.15. The number of unbranched alkanes of at least 4 members (excludes halogenated alkanes) is 3. The number of carbonyl (C=O) groups excluding carboxylic acids is 3. The SMILES string of the molecule is CCCCOCCCNC(=O)CCCCCN1C(=O)[C@@H]2Cc3ccccc3CN2C1=O. The molecule has 2 heterocycles. The largest absolute Gasteiger partial charge is 0.381 e. The summed E-state index contributed by atoms with van der Waals surface area (Å²) >= 11 is 0. The molecule has 1 aromatic rings. The number of nitrogens with zero attached hydrogens (tertiary/aromatic N) is 2. The minimum absolute atomic E-state index is 0.0526. The Kier molecular flexibility index (Phi) is 8.88. The zero-order chi connectivity index (χ0) is 22.1. The number of benzene rings is 1. The molecule has 1 fully saturated rings. The smallest absolute Gasteiger partial charge is 0.327 e. The van der Waals surface area contributed by atoms with Gasteiger partial charge in [-0.25, -0.2) is 4.79 Å². The van der Waals surface area contributed by atoms with E-state index < -0.39 is 0 Å². The van der Waals surface area contributed by atoms with Gasteiger partial charge >= 0.3 is 6.03 Å². The van der Waals surface area contributed by atoms with Crippen LogP contribution in [0.25, 0.3) is 0 Å². The maximum atomic E-state index is 12.8. The molecule has 0 saturated carbocycles. The maximum absolute atomic E-state index is 12.8. The van der Waals surface area contributed by atoms with Crippen LogP contribution in [0.1, 0.15) is 63.0 Å². The van der Waals surface area contributed by atoms with Gasteiger partial charge in [-0.05, 0) is 36.8 Å². The Bertz CT molecular complexity index is 724. The summed E-state index contributed by atoms with van der Waals surface area (Å²) in [6.45, 7) is 5.18. The van der Waals surface area contributed by atoms with Gasteiger partial charge in [0.05, 0.1) is 0 Å². The number of hydrogen-bond acceptors (Lipinski definition) is 4. The first kappa shape index (κ1) is 23.3. The predicted molar refractivity (Wildman–Crippen MR) is 118 cm³/mol. The summed E-state index contributed by atoms with van der Waals surface area (Å²) in [5, 5.41) is 2.92. The summed E-state index contributed by atoms with van der Waals surface area (Å²) in [6, 6.07) is 7.47. The van der Waals surface area contributed by atoms with E-state index in [1.165, 1.54) is 4.90 Å². The summed E-state index contributed by atoms with van der Waals surface area (Å²) in [5.74, 6) is -0.0322. The molecular weight excluding hydrogens is 394 g/mol. The molecule has 0 aromatic heterocycles. The van der Waals surface area contributed by atoms with Crippen molar-refractivity contribution in [1.82, 2.24) is 15.1 Å². The molecule has 1 saturated heterocycles. The van der Waals surface area contributed by atoms with E-state index in [1.807, 2.05) is 24.3 Å². The van der Waals surface area contributed by atoms with Crippen LogP contribution in [0.5, 0.6) is 0 Å². The van der Waals surface area contributed by atoms with E-state index in [9.17, 15) is 14.4 Å². The van der Waals surface area contributed by atoms with Crippen LogP contribution in [0.4, 0.5) is 4.79 Å². The average Bonchev–Trinajstić information content (AvgIpc) is 3.01. The van der Waals surface area contributed by atoms with Crippen molar-refractivity contribution in [2.24, 2.45) is 0 Å². The Morgan fingerprint density at radius 2 is 1.84 bits per heavy atom. The van der Waals surface area contributed by atoms with Crippen molar-refractivity contribution in [3.8, 4) is 0 Å². The first-order chi connectivity index (χ1) is 15.1. The molecule has 4 amide bonds. The monoisotopic (exact) mass is 429 g/mol. The Morgan fingerprint density at radius 3 is 2.65 bits per heavy atom. The van der Waals surface area contributed by atoms with Crippen molar-refractivity contribution in [3.05, 3.63) is 35.4 Å². The van der Waals surface area contributed by atoms with Crippen LogP contribution in [0, 0.1) is 0 Å². The first-order valence-corrected chi connectivity index (χ1v) is 11.6. The molecule has 170 valence electrons. The minimum atomic E-state index is -0.362. The summed E-state index contributed by atoms with van der Waals surface area (Å²) < 4.78 is 5.47. The third-order valence-corrected chi connectivity index (χ3v) is 5.99. The number of hydrogen-bond donors (Lipinski definition) is 1. The molecule has 0 radical (unpaired) electrons. The first-order valence-electron chi connectivity index (χ1n) is 11.6. The molecule has 0 spiro atoms. The molecule has 0 aliphatic carbocycles. The lowest BCUT2D eigenvalue weighted by molar-refractivity contribution is -0.128. The van der Waals surface area contributed by atoms with Gasteiger partial charge in [0.1, 0.15) is 6.04 Å². The lowest BCUT2D eigenvalue weighted by atomic mass is 9.95. The molecule has 0 bridgehead atoms.